The molecule has 2 aliphatic heterocycles. The number of hydrogen-bond acceptors (Lipinski definition) is 6. The molecule has 13 heteroatoms. The number of methoxy groups -OCH3 is 1. The number of ether oxygens (including phenoxy) is 1. The highest BCUT2D eigenvalue weighted by molar-refractivity contribution is 6.05. The van der Waals surface area contributed by atoms with Crippen LogP contribution in [-0.4, -0.2) is 81.0 Å². The number of fused-ring (bicyclic) bond motifs is 1. The number of benzene rings is 1. The second-order valence-electron chi connectivity index (χ2n) is 12.9. The minimum atomic E-state index is -4.66. The smallest absolute Gasteiger partial charge is 0.433 e. The molecule has 3 aromatic rings. The molecule has 2 saturated heterocycles. The van der Waals surface area contributed by atoms with Gasteiger partial charge in [0.25, 0.3) is 5.91 Å². The van der Waals surface area contributed by atoms with E-state index in [0.29, 0.717) is 29.4 Å². The highest BCUT2D eigenvalue weighted by Gasteiger charge is 2.39. The van der Waals surface area contributed by atoms with E-state index in [-0.39, 0.29) is 23.2 Å². The quantitative estimate of drug-likeness (QED) is 0.342. The minimum absolute atomic E-state index is 0.000718. The van der Waals surface area contributed by atoms with Crippen molar-refractivity contribution in [1.82, 2.24) is 24.6 Å². The average molecular weight is 617 g/mol. The van der Waals surface area contributed by atoms with Crippen molar-refractivity contribution < 1.29 is 32.6 Å². The van der Waals surface area contributed by atoms with Gasteiger partial charge in [-0.05, 0) is 55.2 Å². The van der Waals surface area contributed by atoms with Crippen molar-refractivity contribution in [2.24, 2.45) is 11.3 Å². The van der Waals surface area contributed by atoms with Gasteiger partial charge in [0, 0.05) is 49.9 Å². The maximum Gasteiger partial charge on any atom is 0.433 e. The molecule has 238 valence electrons. The van der Waals surface area contributed by atoms with Gasteiger partial charge in [-0.2, -0.15) is 18.3 Å². The van der Waals surface area contributed by atoms with Crippen molar-refractivity contribution >= 4 is 28.6 Å². The molecule has 2 amide bonds. The molecule has 2 fully saturated rings. The number of alkyl halides is 3. The Labute approximate surface area is 254 Å². The van der Waals surface area contributed by atoms with Crippen molar-refractivity contribution in [1.29, 1.82) is 0 Å². The van der Waals surface area contributed by atoms with E-state index in [1.54, 1.807) is 17.0 Å². The van der Waals surface area contributed by atoms with Gasteiger partial charge in [0.2, 0.25) is 0 Å². The molecule has 44 heavy (non-hydrogen) atoms. The SMILES string of the molecule is COc1cc2nn(C3CCN(CC4CCN(C(=O)O)C(C(C)(C)C)C4)CC3)cc2cc1NC(=O)c1cccc(C(F)(F)F)n1. The molecule has 1 aromatic carbocycles. The van der Waals surface area contributed by atoms with Gasteiger partial charge in [0.05, 0.1) is 24.4 Å². The van der Waals surface area contributed by atoms with Crippen LogP contribution in [0.5, 0.6) is 5.75 Å². The van der Waals surface area contributed by atoms with Gasteiger partial charge in [0.15, 0.2) is 0 Å². The lowest BCUT2D eigenvalue weighted by atomic mass is 9.77. The van der Waals surface area contributed by atoms with Crippen LogP contribution in [0.3, 0.4) is 0 Å². The number of amides is 2. The van der Waals surface area contributed by atoms with E-state index in [0.717, 1.165) is 62.8 Å². The fourth-order valence-electron chi connectivity index (χ4n) is 6.42. The van der Waals surface area contributed by atoms with Gasteiger partial charge in [-0.1, -0.05) is 26.8 Å². The topological polar surface area (TPSA) is 113 Å². The van der Waals surface area contributed by atoms with E-state index < -0.39 is 23.9 Å². The van der Waals surface area contributed by atoms with Crippen molar-refractivity contribution in [3.05, 3.63) is 47.9 Å². The van der Waals surface area contributed by atoms with Crippen LogP contribution in [0.25, 0.3) is 10.9 Å². The predicted molar refractivity (Wildman–Crippen MR) is 159 cm³/mol. The molecule has 2 atom stereocenters. The molecular formula is C31H39F3N6O4. The number of piperidine rings is 2. The molecule has 0 bridgehead atoms. The Hall–Kier alpha value is -3.87. The number of halogens is 3. The number of nitrogens with zero attached hydrogens (tertiary/aromatic N) is 5. The largest absolute Gasteiger partial charge is 0.494 e. The Morgan fingerprint density at radius 2 is 1.82 bits per heavy atom. The van der Waals surface area contributed by atoms with Crippen LogP contribution in [0.15, 0.2) is 36.5 Å². The molecule has 0 radical (unpaired) electrons. The lowest BCUT2D eigenvalue weighted by Gasteiger charge is -2.46. The maximum atomic E-state index is 13.1. The highest BCUT2D eigenvalue weighted by Crippen LogP contribution is 2.36. The average Bonchev–Trinajstić information content (AvgIpc) is 3.39. The predicted octanol–water partition coefficient (Wildman–Crippen LogP) is 6.15. The Bertz CT molecular complexity index is 1510. The summed E-state index contributed by atoms with van der Waals surface area (Å²) in [7, 11) is 1.45. The Balaban J connectivity index is 1.23. The van der Waals surface area contributed by atoms with Crippen molar-refractivity contribution in [2.45, 2.75) is 64.7 Å². The molecule has 10 nitrogen and oxygen atoms in total. The first-order chi connectivity index (χ1) is 20.7. The van der Waals surface area contributed by atoms with Gasteiger partial charge in [-0.25, -0.2) is 9.78 Å². The van der Waals surface area contributed by atoms with Crippen molar-refractivity contribution in [3.63, 3.8) is 0 Å². The van der Waals surface area contributed by atoms with Crippen LogP contribution >= 0.6 is 0 Å². The van der Waals surface area contributed by atoms with Crippen molar-refractivity contribution in [2.75, 3.05) is 38.6 Å². The van der Waals surface area contributed by atoms with Gasteiger partial charge < -0.3 is 25.0 Å². The Morgan fingerprint density at radius 1 is 1.09 bits per heavy atom. The molecular weight excluding hydrogens is 577 g/mol. The Morgan fingerprint density at radius 3 is 2.45 bits per heavy atom. The van der Waals surface area contributed by atoms with Gasteiger partial charge in [0.1, 0.15) is 17.1 Å². The third-order valence-corrected chi connectivity index (χ3v) is 8.77. The zero-order valence-electron chi connectivity index (χ0n) is 25.4. The Kier molecular flexibility index (Phi) is 8.79. The van der Waals surface area contributed by atoms with Crippen LogP contribution in [0.4, 0.5) is 23.7 Å². The molecule has 2 unspecified atom stereocenters. The number of nitrogens with one attached hydrogen (secondary N) is 1. The van der Waals surface area contributed by atoms with E-state index in [1.807, 2.05) is 10.9 Å². The number of hydrogen-bond donors (Lipinski definition) is 2. The fourth-order valence-corrected chi connectivity index (χ4v) is 6.42. The number of anilines is 1. The van der Waals surface area contributed by atoms with Crippen LogP contribution < -0.4 is 10.1 Å². The number of carboxylic acid groups (broad SMARTS) is 1. The van der Waals surface area contributed by atoms with Gasteiger partial charge in [-0.15, -0.1) is 0 Å². The number of likely N-dealkylation sites (tertiary alicyclic amines) is 2. The van der Waals surface area contributed by atoms with Crippen LogP contribution in [0, 0.1) is 11.3 Å². The molecule has 4 heterocycles. The number of carbonyl (C=O) groups is 2. The minimum Gasteiger partial charge on any atom is -0.494 e. The molecule has 2 N–H and O–H groups in total. The van der Waals surface area contributed by atoms with Gasteiger partial charge in [-0.3, -0.25) is 9.48 Å². The summed E-state index contributed by atoms with van der Waals surface area (Å²) in [5, 5.41) is 17.8. The lowest BCUT2D eigenvalue weighted by Crippen LogP contribution is -2.53. The second kappa shape index (κ2) is 12.3. The zero-order valence-corrected chi connectivity index (χ0v) is 25.4. The molecule has 0 spiro atoms. The third kappa shape index (κ3) is 6.92. The first-order valence-corrected chi connectivity index (χ1v) is 14.9. The van der Waals surface area contributed by atoms with Crippen LogP contribution in [0.2, 0.25) is 0 Å². The summed E-state index contributed by atoms with van der Waals surface area (Å²) in [6.45, 7) is 9.67. The van der Waals surface area contributed by atoms with E-state index in [1.165, 1.54) is 13.2 Å². The number of pyridine rings is 1. The highest BCUT2D eigenvalue weighted by atomic mass is 19.4. The van der Waals surface area contributed by atoms with E-state index >= 15 is 0 Å². The molecule has 2 aromatic heterocycles. The summed E-state index contributed by atoms with van der Waals surface area (Å²) in [4.78, 5) is 32.1. The van der Waals surface area contributed by atoms with E-state index in [2.05, 4.69) is 36.0 Å². The van der Waals surface area contributed by atoms with Crippen LogP contribution in [0.1, 0.15) is 68.7 Å². The third-order valence-electron chi connectivity index (χ3n) is 8.77. The number of carbonyl (C=O) groups excluding carboxylic acids is 1. The summed E-state index contributed by atoms with van der Waals surface area (Å²) in [5.74, 6) is 0.00210. The van der Waals surface area contributed by atoms with E-state index in [4.69, 9.17) is 9.84 Å². The zero-order chi connectivity index (χ0) is 31.8. The number of aromatic nitrogens is 3. The normalized spacial score (nSPS) is 20.6. The number of rotatable bonds is 6. The standard InChI is InChI=1S/C31H39F3N6O4/c1-30(2,3)27-14-19(8-13-39(27)29(42)43)17-38-11-9-21(10-12-38)40-18-20-15-24(25(44-4)16-23(20)37-40)36-28(41)22-6-5-7-26(35-22)31(32,33)34/h5-7,15-16,18-19,21,27H,8-14,17H2,1-4H3,(H,36,41)(H,42,43). The first kappa shape index (κ1) is 31.6. The summed E-state index contributed by atoms with van der Waals surface area (Å²) < 4.78 is 46.6. The van der Waals surface area contributed by atoms with Crippen molar-refractivity contribution in [3.8, 4) is 5.75 Å². The van der Waals surface area contributed by atoms with Gasteiger partial charge >= 0.3 is 12.3 Å². The molecule has 2 aliphatic rings. The maximum absolute atomic E-state index is 13.1. The lowest BCUT2D eigenvalue weighted by molar-refractivity contribution is -0.141. The summed E-state index contributed by atoms with van der Waals surface area (Å²) in [6, 6.07) is 6.77. The van der Waals surface area contributed by atoms with E-state index in [9.17, 15) is 27.9 Å². The fraction of sp³-hybridized carbons (Fsp3) is 0.548. The van der Waals surface area contributed by atoms with Crippen LogP contribution in [-0.2, 0) is 6.18 Å². The summed E-state index contributed by atoms with van der Waals surface area (Å²) >= 11 is 0. The summed E-state index contributed by atoms with van der Waals surface area (Å²) in [6.07, 6.45) is -0.0244. The monoisotopic (exact) mass is 616 g/mol. The second-order valence-corrected chi connectivity index (χ2v) is 12.9. The molecule has 0 aliphatic carbocycles. The molecule has 0 saturated carbocycles. The first-order valence-electron chi connectivity index (χ1n) is 14.9. The molecule has 5 rings (SSSR count). The summed E-state index contributed by atoms with van der Waals surface area (Å²) in [5.41, 5.74) is -0.630.